The highest BCUT2D eigenvalue weighted by molar-refractivity contribution is 9.10. The van der Waals surface area contributed by atoms with Gasteiger partial charge in [-0.2, -0.15) is 4.31 Å². The van der Waals surface area contributed by atoms with Crippen LogP contribution in [-0.4, -0.2) is 49.7 Å². The zero-order valence-corrected chi connectivity index (χ0v) is 15.4. The molecule has 1 aromatic rings. The van der Waals surface area contributed by atoms with E-state index >= 15 is 0 Å². The molecule has 0 N–H and O–H groups in total. The maximum atomic E-state index is 12.7. The van der Waals surface area contributed by atoms with Gasteiger partial charge in [0.2, 0.25) is 15.9 Å². The van der Waals surface area contributed by atoms with Gasteiger partial charge in [0.15, 0.2) is 0 Å². The lowest BCUT2D eigenvalue weighted by molar-refractivity contribution is -0.135. The Morgan fingerprint density at radius 3 is 2.35 bits per heavy atom. The third-order valence-electron chi connectivity index (χ3n) is 4.65. The van der Waals surface area contributed by atoms with Crippen LogP contribution >= 0.6 is 15.9 Å². The van der Waals surface area contributed by atoms with E-state index in [2.05, 4.69) is 15.9 Å². The highest BCUT2D eigenvalue weighted by Crippen LogP contribution is 2.27. The van der Waals surface area contributed by atoms with Gasteiger partial charge in [-0.15, -0.1) is 0 Å². The van der Waals surface area contributed by atoms with Crippen molar-refractivity contribution in [3.05, 3.63) is 28.7 Å². The average Bonchev–Trinajstić information content (AvgIpc) is 3.09. The minimum atomic E-state index is -3.47. The molecule has 0 bridgehead atoms. The second-order valence-electron chi connectivity index (χ2n) is 6.17. The van der Waals surface area contributed by atoms with Crippen LogP contribution in [0.15, 0.2) is 33.6 Å². The van der Waals surface area contributed by atoms with Crippen LogP contribution in [0.1, 0.15) is 25.7 Å². The summed E-state index contributed by atoms with van der Waals surface area (Å²) in [6.07, 6.45) is 3.40. The number of halogens is 1. The molecule has 2 aliphatic heterocycles. The third kappa shape index (κ3) is 3.61. The molecule has 1 aromatic carbocycles. The number of sulfonamides is 1. The first-order valence-corrected chi connectivity index (χ1v) is 10.3. The fourth-order valence-electron chi connectivity index (χ4n) is 3.32. The Balaban J connectivity index is 1.65. The smallest absolute Gasteiger partial charge is 0.243 e. The van der Waals surface area contributed by atoms with Crippen LogP contribution < -0.4 is 0 Å². The molecule has 23 heavy (non-hydrogen) atoms. The van der Waals surface area contributed by atoms with Crippen LogP contribution in [0.4, 0.5) is 0 Å². The van der Waals surface area contributed by atoms with Crippen LogP contribution in [0.3, 0.4) is 0 Å². The van der Waals surface area contributed by atoms with E-state index in [4.69, 9.17) is 0 Å². The topological polar surface area (TPSA) is 57.7 Å². The summed E-state index contributed by atoms with van der Waals surface area (Å²) in [6.45, 7) is 2.54. The van der Waals surface area contributed by atoms with Gasteiger partial charge in [0.1, 0.15) is 0 Å². The molecular formula is C16H21BrN2O3S. The molecule has 2 saturated heterocycles. The number of hydrogen-bond acceptors (Lipinski definition) is 3. The van der Waals surface area contributed by atoms with Crippen molar-refractivity contribution in [2.24, 2.45) is 5.92 Å². The summed E-state index contributed by atoms with van der Waals surface area (Å²) in [5.41, 5.74) is 0. The lowest BCUT2D eigenvalue weighted by atomic mass is 9.97. The van der Waals surface area contributed by atoms with Crippen molar-refractivity contribution < 1.29 is 13.2 Å². The van der Waals surface area contributed by atoms with Crippen LogP contribution in [-0.2, 0) is 14.8 Å². The van der Waals surface area contributed by atoms with Gasteiger partial charge in [-0.1, -0.05) is 22.0 Å². The van der Waals surface area contributed by atoms with E-state index in [1.54, 1.807) is 24.3 Å². The van der Waals surface area contributed by atoms with E-state index in [9.17, 15) is 13.2 Å². The highest BCUT2D eigenvalue weighted by Gasteiger charge is 2.34. The predicted molar refractivity (Wildman–Crippen MR) is 91.4 cm³/mol. The number of benzene rings is 1. The van der Waals surface area contributed by atoms with Crippen LogP contribution in [0.5, 0.6) is 0 Å². The Kier molecular flexibility index (Phi) is 5.08. The zero-order chi connectivity index (χ0) is 16.4. The summed E-state index contributed by atoms with van der Waals surface area (Å²) in [5, 5.41) is 0. The summed E-state index contributed by atoms with van der Waals surface area (Å²) in [6, 6.07) is 6.76. The molecule has 2 fully saturated rings. The molecule has 1 amide bonds. The molecule has 3 rings (SSSR count). The molecule has 0 aliphatic carbocycles. The maximum Gasteiger partial charge on any atom is 0.243 e. The Morgan fingerprint density at radius 1 is 1.09 bits per heavy atom. The van der Waals surface area contributed by atoms with Crippen molar-refractivity contribution in [3.63, 3.8) is 0 Å². The number of piperidine rings is 1. The largest absolute Gasteiger partial charge is 0.342 e. The summed E-state index contributed by atoms with van der Waals surface area (Å²) < 4.78 is 27.6. The van der Waals surface area contributed by atoms with Gasteiger partial charge < -0.3 is 4.90 Å². The van der Waals surface area contributed by atoms with E-state index in [0.29, 0.717) is 30.8 Å². The summed E-state index contributed by atoms with van der Waals surface area (Å²) >= 11 is 3.31. The molecule has 0 saturated carbocycles. The van der Waals surface area contributed by atoms with Gasteiger partial charge in [-0.3, -0.25) is 4.79 Å². The third-order valence-corrected chi connectivity index (χ3v) is 7.04. The maximum absolute atomic E-state index is 12.7. The number of carbonyl (C=O) groups excluding carboxylic acids is 1. The van der Waals surface area contributed by atoms with Crippen molar-refractivity contribution in [2.75, 3.05) is 26.2 Å². The molecule has 0 spiro atoms. The second kappa shape index (κ2) is 6.91. The molecule has 7 heteroatoms. The lowest BCUT2D eigenvalue weighted by Gasteiger charge is -2.32. The first-order chi connectivity index (χ1) is 11.0. The Labute approximate surface area is 145 Å². The van der Waals surface area contributed by atoms with Gasteiger partial charge in [-0.25, -0.2) is 8.42 Å². The molecule has 5 nitrogen and oxygen atoms in total. The van der Waals surface area contributed by atoms with Crippen LogP contribution in [0.2, 0.25) is 0 Å². The number of carbonyl (C=O) groups is 1. The Morgan fingerprint density at radius 2 is 1.74 bits per heavy atom. The Bertz CT molecular complexity index is 678. The van der Waals surface area contributed by atoms with Gasteiger partial charge in [-0.05, 0) is 43.9 Å². The number of hydrogen-bond donors (Lipinski definition) is 0. The normalized spacial score (nSPS) is 20.8. The molecule has 2 heterocycles. The predicted octanol–water partition coefficient (Wildman–Crippen LogP) is 2.47. The molecule has 0 unspecified atom stereocenters. The van der Waals surface area contributed by atoms with Gasteiger partial charge in [0.25, 0.3) is 0 Å². The first kappa shape index (κ1) is 16.9. The number of amides is 1. The summed E-state index contributed by atoms with van der Waals surface area (Å²) in [7, 11) is -3.47. The highest BCUT2D eigenvalue weighted by atomic mass is 79.9. The molecule has 126 valence electrons. The second-order valence-corrected chi connectivity index (χ2v) is 9.02. The van der Waals surface area contributed by atoms with Crippen molar-refractivity contribution in [1.82, 2.24) is 9.21 Å². The van der Waals surface area contributed by atoms with E-state index in [1.165, 1.54) is 4.31 Å². The molecular weight excluding hydrogens is 380 g/mol. The fourth-order valence-corrected chi connectivity index (χ4v) is 5.38. The molecule has 0 atom stereocenters. The quantitative estimate of drug-likeness (QED) is 0.782. The lowest BCUT2D eigenvalue weighted by Crippen LogP contribution is -2.43. The SMILES string of the molecule is O=C(C1CCN(S(=O)(=O)c2cccc(Br)c2)CC1)N1CCCC1. The Hall–Kier alpha value is -0.920. The summed E-state index contributed by atoms with van der Waals surface area (Å²) in [4.78, 5) is 14.7. The van der Waals surface area contributed by atoms with E-state index < -0.39 is 10.0 Å². The summed E-state index contributed by atoms with van der Waals surface area (Å²) in [5.74, 6) is 0.184. The van der Waals surface area contributed by atoms with Crippen LogP contribution in [0.25, 0.3) is 0 Å². The average molecular weight is 401 g/mol. The minimum Gasteiger partial charge on any atom is -0.342 e. The van der Waals surface area contributed by atoms with Crippen molar-refractivity contribution in [1.29, 1.82) is 0 Å². The number of nitrogens with zero attached hydrogens (tertiary/aromatic N) is 2. The molecule has 2 aliphatic rings. The standard InChI is InChI=1S/C16H21BrN2O3S/c17-14-4-3-5-15(12-14)23(21,22)19-10-6-13(7-11-19)16(20)18-8-1-2-9-18/h3-5,12-13H,1-2,6-11H2. The van der Waals surface area contributed by atoms with Gasteiger partial charge >= 0.3 is 0 Å². The molecule has 0 aromatic heterocycles. The van der Waals surface area contributed by atoms with Crippen molar-refractivity contribution >= 4 is 31.9 Å². The van der Waals surface area contributed by atoms with Gasteiger partial charge in [0, 0.05) is 36.6 Å². The van der Waals surface area contributed by atoms with Crippen molar-refractivity contribution in [2.45, 2.75) is 30.6 Å². The van der Waals surface area contributed by atoms with Crippen LogP contribution in [0, 0.1) is 5.92 Å². The van der Waals surface area contributed by atoms with E-state index in [-0.39, 0.29) is 11.8 Å². The molecule has 0 radical (unpaired) electrons. The van der Waals surface area contributed by atoms with E-state index in [0.717, 1.165) is 30.4 Å². The van der Waals surface area contributed by atoms with E-state index in [1.807, 2.05) is 4.90 Å². The first-order valence-electron chi connectivity index (χ1n) is 8.03. The number of rotatable bonds is 3. The monoisotopic (exact) mass is 400 g/mol. The number of likely N-dealkylation sites (tertiary alicyclic amines) is 1. The van der Waals surface area contributed by atoms with Crippen molar-refractivity contribution in [3.8, 4) is 0 Å². The zero-order valence-electron chi connectivity index (χ0n) is 12.9. The fraction of sp³-hybridized carbons (Fsp3) is 0.562. The minimum absolute atomic E-state index is 0.0259. The van der Waals surface area contributed by atoms with Gasteiger partial charge in [0.05, 0.1) is 4.90 Å².